The van der Waals surface area contributed by atoms with E-state index < -0.39 is 11.9 Å². The van der Waals surface area contributed by atoms with E-state index in [1.807, 2.05) is 0 Å². The van der Waals surface area contributed by atoms with Gasteiger partial charge in [-0.15, -0.1) is 0 Å². The van der Waals surface area contributed by atoms with Gasteiger partial charge in [0.05, 0.1) is 11.1 Å². The third-order valence-electron chi connectivity index (χ3n) is 3.24. The molecule has 0 spiro atoms. The molecule has 136 valence electrons. The predicted molar refractivity (Wildman–Crippen MR) is 98.6 cm³/mol. The van der Waals surface area contributed by atoms with Gasteiger partial charge in [0.15, 0.2) is 11.6 Å². The van der Waals surface area contributed by atoms with Gasteiger partial charge in [-0.05, 0) is 26.0 Å². The third-order valence-corrected chi connectivity index (χ3v) is 3.24. The first-order valence-electron chi connectivity index (χ1n) is 8.29. The first-order valence-corrected chi connectivity index (χ1v) is 8.29. The SMILES string of the molecule is CC(=O)c1ccccc1C(C)=O.CCC.O=C1OC(=O)c2ccccc21. The Bertz CT molecular complexity index is 755. The van der Waals surface area contributed by atoms with E-state index in [0.29, 0.717) is 22.3 Å². The number of cyclic esters (lactones) is 2. The molecule has 26 heavy (non-hydrogen) atoms. The van der Waals surface area contributed by atoms with Gasteiger partial charge in [0.2, 0.25) is 0 Å². The number of esters is 2. The van der Waals surface area contributed by atoms with Gasteiger partial charge in [-0.25, -0.2) is 9.59 Å². The Morgan fingerprint density at radius 1 is 0.731 bits per heavy atom. The fraction of sp³-hybridized carbons (Fsp3) is 0.238. The van der Waals surface area contributed by atoms with Crippen LogP contribution in [0, 0.1) is 0 Å². The number of hydrogen-bond donors (Lipinski definition) is 0. The van der Waals surface area contributed by atoms with E-state index in [0.717, 1.165) is 0 Å². The molecular formula is C21H22O5. The summed E-state index contributed by atoms with van der Waals surface area (Å²) in [6.45, 7) is 7.17. The lowest BCUT2D eigenvalue weighted by molar-refractivity contribution is 0.0443. The summed E-state index contributed by atoms with van der Waals surface area (Å²) in [6, 6.07) is 13.4. The number of ketones is 2. The molecule has 2 aromatic rings. The van der Waals surface area contributed by atoms with E-state index >= 15 is 0 Å². The van der Waals surface area contributed by atoms with Crippen LogP contribution in [0.1, 0.15) is 75.5 Å². The van der Waals surface area contributed by atoms with E-state index in [1.54, 1.807) is 48.5 Å². The third kappa shape index (κ3) is 5.48. The number of carbonyl (C=O) groups is 4. The van der Waals surface area contributed by atoms with Crippen LogP contribution in [0.2, 0.25) is 0 Å². The van der Waals surface area contributed by atoms with E-state index in [9.17, 15) is 19.2 Å². The number of rotatable bonds is 2. The van der Waals surface area contributed by atoms with Crippen molar-refractivity contribution < 1.29 is 23.9 Å². The molecule has 5 nitrogen and oxygen atoms in total. The molecule has 1 aliphatic heterocycles. The Morgan fingerprint density at radius 2 is 1.04 bits per heavy atom. The highest BCUT2D eigenvalue weighted by atomic mass is 16.6. The number of carbonyl (C=O) groups excluding carboxylic acids is 4. The standard InChI is InChI=1S/C10H10O2.C8H4O3.C3H8/c1-7(11)9-5-3-4-6-10(9)8(2)12;9-7-5-3-1-2-4-6(5)8(10)11-7;1-3-2/h3-6H,1-2H3;1-4H;3H2,1-2H3. The first kappa shape index (κ1) is 21.0. The zero-order chi connectivity index (χ0) is 19.7. The monoisotopic (exact) mass is 354 g/mol. The molecule has 0 unspecified atom stereocenters. The summed E-state index contributed by atoms with van der Waals surface area (Å²) in [5, 5.41) is 0. The second-order valence-corrected chi connectivity index (χ2v) is 5.59. The van der Waals surface area contributed by atoms with E-state index in [-0.39, 0.29) is 11.6 Å². The summed E-state index contributed by atoms with van der Waals surface area (Å²) in [5.74, 6) is -1.24. The Hall–Kier alpha value is -3.08. The Morgan fingerprint density at radius 3 is 1.35 bits per heavy atom. The van der Waals surface area contributed by atoms with Crippen molar-refractivity contribution in [3.63, 3.8) is 0 Å². The van der Waals surface area contributed by atoms with Crippen molar-refractivity contribution in [1.29, 1.82) is 0 Å². The molecule has 3 rings (SSSR count). The Kier molecular flexibility index (Phi) is 8.09. The van der Waals surface area contributed by atoms with Crippen molar-refractivity contribution in [2.45, 2.75) is 34.1 Å². The highest BCUT2D eigenvalue weighted by molar-refractivity contribution is 6.14. The molecule has 2 aromatic carbocycles. The lowest BCUT2D eigenvalue weighted by atomic mass is 10.0. The lowest BCUT2D eigenvalue weighted by Crippen LogP contribution is -2.02. The number of hydrogen-bond acceptors (Lipinski definition) is 5. The maximum atomic E-state index is 11.0. The topological polar surface area (TPSA) is 77.5 Å². The number of fused-ring (bicyclic) bond motifs is 1. The molecule has 0 atom stereocenters. The van der Waals surface area contributed by atoms with Gasteiger partial charge < -0.3 is 4.74 Å². The molecule has 5 heteroatoms. The molecule has 0 fully saturated rings. The summed E-state index contributed by atoms with van der Waals surface area (Å²) >= 11 is 0. The molecule has 0 saturated carbocycles. The number of Topliss-reactive ketones (excluding diaryl/α,β-unsaturated/α-hetero) is 2. The molecule has 0 bridgehead atoms. The van der Waals surface area contributed by atoms with Gasteiger partial charge in [0, 0.05) is 11.1 Å². The maximum absolute atomic E-state index is 11.0. The molecule has 0 amide bonds. The smallest absolute Gasteiger partial charge is 0.346 e. The van der Waals surface area contributed by atoms with Crippen LogP contribution in [0.3, 0.4) is 0 Å². The minimum atomic E-state index is -0.550. The zero-order valence-corrected chi connectivity index (χ0v) is 15.4. The van der Waals surface area contributed by atoms with E-state index in [2.05, 4.69) is 18.6 Å². The van der Waals surface area contributed by atoms with Crippen molar-refractivity contribution in [2.75, 3.05) is 0 Å². The Labute approximate surface area is 153 Å². The van der Waals surface area contributed by atoms with Crippen LogP contribution in [0.15, 0.2) is 48.5 Å². The van der Waals surface area contributed by atoms with Crippen LogP contribution < -0.4 is 0 Å². The van der Waals surface area contributed by atoms with Gasteiger partial charge in [-0.3, -0.25) is 9.59 Å². The quantitative estimate of drug-likeness (QED) is 0.451. The summed E-state index contributed by atoms with van der Waals surface area (Å²) in [7, 11) is 0. The molecule has 1 heterocycles. The minimum absolute atomic E-state index is 0.0687. The largest absolute Gasteiger partial charge is 0.386 e. The van der Waals surface area contributed by atoms with Gasteiger partial charge in [-0.1, -0.05) is 56.7 Å². The van der Waals surface area contributed by atoms with Crippen LogP contribution in [-0.4, -0.2) is 23.5 Å². The van der Waals surface area contributed by atoms with Crippen molar-refractivity contribution in [2.24, 2.45) is 0 Å². The van der Waals surface area contributed by atoms with Gasteiger partial charge in [0.25, 0.3) is 0 Å². The fourth-order valence-electron chi connectivity index (χ4n) is 2.13. The van der Waals surface area contributed by atoms with Crippen molar-refractivity contribution in [3.8, 4) is 0 Å². The van der Waals surface area contributed by atoms with Crippen LogP contribution in [0.25, 0.3) is 0 Å². The average Bonchev–Trinajstić information content (AvgIpc) is 2.91. The van der Waals surface area contributed by atoms with Crippen LogP contribution in [-0.2, 0) is 4.74 Å². The second kappa shape index (κ2) is 10.0. The van der Waals surface area contributed by atoms with Gasteiger partial charge in [-0.2, -0.15) is 0 Å². The number of benzene rings is 2. The van der Waals surface area contributed by atoms with Crippen LogP contribution >= 0.6 is 0 Å². The second-order valence-electron chi connectivity index (χ2n) is 5.59. The Balaban J connectivity index is 0.000000227. The van der Waals surface area contributed by atoms with Crippen molar-refractivity contribution in [3.05, 3.63) is 70.8 Å². The first-order chi connectivity index (χ1) is 12.3. The lowest BCUT2D eigenvalue weighted by Gasteiger charge is -2.00. The van der Waals surface area contributed by atoms with E-state index in [1.165, 1.54) is 20.3 Å². The average molecular weight is 354 g/mol. The highest BCUT2D eigenvalue weighted by Gasteiger charge is 2.28. The molecule has 0 aliphatic carbocycles. The van der Waals surface area contributed by atoms with E-state index in [4.69, 9.17) is 0 Å². The zero-order valence-electron chi connectivity index (χ0n) is 15.4. The minimum Gasteiger partial charge on any atom is -0.386 e. The molecule has 0 saturated heterocycles. The maximum Gasteiger partial charge on any atom is 0.346 e. The van der Waals surface area contributed by atoms with Crippen LogP contribution in [0.4, 0.5) is 0 Å². The molecular weight excluding hydrogens is 332 g/mol. The van der Waals surface area contributed by atoms with Crippen molar-refractivity contribution >= 4 is 23.5 Å². The van der Waals surface area contributed by atoms with Crippen LogP contribution in [0.5, 0.6) is 0 Å². The molecule has 0 radical (unpaired) electrons. The summed E-state index contributed by atoms with van der Waals surface area (Å²) in [5.41, 5.74) is 1.73. The molecule has 0 N–H and O–H groups in total. The normalized spacial score (nSPS) is 11.2. The van der Waals surface area contributed by atoms with Crippen molar-refractivity contribution in [1.82, 2.24) is 0 Å². The highest BCUT2D eigenvalue weighted by Crippen LogP contribution is 2.18. The number of ether oxygens (including phenoxy) is 1. The summed E-state index contributed by atoms with van der Waals surface area (Å²) in [4.78, 5) is 43.7. The molecule has 0 aromatic heterocycles. The fourth-order valence-corrected chi connectivity index (χ4v) is 2.13. The summed E-state index contributed by atoms with van der Waals surface area (Å²) < 4.78 is 4.35. The van der Waals surface area contributed by atoms with Gasteiger partial charge in [0.1, 0.15) is 0 Å². The summed E-state index contributed by atoms with van der Waals surface area (Å²) in [6.07, 6.45) is 1.25. The molecule has 1 aliphatic rings. The predicted octanol–water partition coefficient (Wildman–Crippen LogP) is 4.51. The van der Waals surface area contributed by atoms with Gasteiger partial charge >= 0.3 is 11.9 Å².